The molecular weight excluding hydrogens is 516 g/mol. The molecule has 0 spiro atoms. The van der Waals surface area contributed by atoms with Gasteiger partial charge in [0.2, 0.25) is 11.8 Å². The van der Waals surface area contributed by atoms with Crippen LogP contribution in [-0.4, -0.2) is 69.5 Å². The summed E-state index contributed by atoms with van der Waals surface area (Å²) >= 11 is 0. The van der Waals surface area contributed by atoms with E-state index in [1.54, 1.807) is 12.1 Å². The van der Waals surface area contributed by atoms with Crippen LogP contribution in [-0.2, 0) is 16.1 Å². The number of nitrogens with one attached hydrogen (secondary N) is 1. The number of imide groups is 2. The summed E-state index contributed by atoms with van der Waals surface area (Å²) in [5.41, 5.74) is 4.12. The Morgan fingerprint density at radius 2 is 1.37 bits per heavy atom. The van der Waals surface area contributed by atoms with E-state index in [0.717, 1.165) is 23.6 Å². The Morgan fingerprint density at radius 1 is 0.780 bits per heavy atom. The molecule has 0 saturated carbocycles. The van der Waals surface area contributed by atoms with Crippen molar-refractivity contribution in [2.75, 3.05) is 13.1 Å². The van der Waals surface area contributed by atoms with E-state index < -0.39 is 23.8 Å². The normalized spacial score (nSPS) is 23.7. The van der Waals surface area contributed by atoms with E-state index >= 15 is 0 Å². The van der Waals surface area contributed by atoms with E-state index in [2.05, 4.69) is 77.5 Å². The Balaban J connectivity index is 1.19. The van der Waals surface area contributed by atoms with Gasteiger partial charge < -0.3 is 0 Å². The molecule has 3 unspecified atom stereocenters. The molecule has 3 aromatic rings. The fourth-order valence-corrected chi connectivity index (χ4v) is 6.63. The molecule has 8 heteroatoms. The van der Waals surface area contributed by atoms with Crippen LogP contribution < -0.4 is 5.32 Å². The second-order valence-electron chi connectivity index (χ2n) is 11.4. The first-order chi connectivity index (χ1) is 19.8. The molecule has 2 saturated heterocycles. The molecule has 3 aromatic carbocycles. The zero-order valence-corrected chi connectivity index (χ0v) is 23.3. The number of rotatable bonds is 6. The van der Waals surface area contributed by atoms with E-state index in [1.807, 2.05) is 18.2 Å². The second kappa shape index (κ2) is 11.0. The van der Waals surface area contributed by atoms with Crippen LogP contribution in [0.4, 0.5) is 0 Å². The molecule has 0 aliphatic carbocycles. The predicted molar refractivity (Wildman–Crippen MR) is 154 cm³/mol. The SMILES string of the molecule is CC1CN(C(c2ccccc2)c2ccccc2)CC(C)N1Cc1ccc2c(c1)C(=O)N(C1CCC(=O)NC1=O)C2=O. The van der Waals surface area contributed by atoms with Gasteiger partial charge in [0.25, 0.3) is 11.8 Å². The van der Waals surface area contributed by atoms with Crippen molar-refractivity contribution >= 4 is 23.6 Å². The van der Waals surface area contributed by atoms with E-state index in [9.17, 15) is 19.2 Å². The smallest absolute Gasteiger partial charge is 0.262 e. The number of hydrogen-bond acceptors (Lipinski definition) is 6. The van der Waals surface area contributed by atoms with E-state index in [-0.39, 0.29) is 36.9 Å². The van der Waals surface area contributed by atoms with Gasteiger partial charge in [-0.1, -0.05) is 66.7 Å². The van der Waals surface area contributed by atoms with Gasteiger partial charge in [-0.15, -0.1) is 0 Å². The Bertz CT molecular complexity index is 1440. The van der Waals surface area contributed by atoms with Gasteiger partial charge in [0.1, 0.15) is 6.04 Å². The van der Waals surface area contributed by atoms with Crippen molar-refractivity contribution in [1.29, 1.82) is 0 Å². The van der Waals surface area contributed by atoms with Gasteiger partial charge in [-0.2, -0.15) is 0 Å². The van der Waals surface area contributed by atoms with E-state index in [4.69, 9.17) is 0 Å². The van der Waals surface area contributed by atoms with Crippen LogP contribution in [0.25, 0.3) is 0 Å². The summed E-state index contributed by atoms with van der Waals surface area (Å²) in [5, 5.41) is 2.25. The summed E-state index contributed by atoms with van der Waals surface area (Å²) < 4.78 is 0. The minimum absolute atomic E-state index is 0.103. The fraction of sp³-hybridized carbons (Fsp3) is 0.333. The lowest BCUT2D eigenvalue weighted by molar-refractivity contribution is -0.136. The molecule has 2 fully saturated rings. The van der Waals surface area contributed by atoms with Crippen LogP contribution in [0.1, 0.15) is 70.1 Å². The molecule has 3 aliphatic rings. The van der Waals surface area contributed by atoms with Crippen LogP contribution in [0.5, 0.6) is 0 Å². The van der Waals surface area contributed by atoms with Crippen LogP contribution in [0, 0.1) is 0 Å². The van der Waals surface area contributed by atoms with Gasteiger partial charge in [0.15, 0.2) is 0 Å². The quantitative estimate of drug-likeness (QED) is 0.470. The molecule has 0 radical (unpaired) electrons. The molecule has 8 nitrogen and oxygen atoms in total. The maximum absolute atomic E-state index is 13.3. The molecule has 4 amide bonds. The minimum atomic E-state index is -0.959. The molecule has 0 bridgehead atoms. The highest BCUT2D eigenvalue weighted by Gasteiger charge is 2.45. The zero-order chi connectivity index (χ0) is 28.7. The van der Waals surface area contributed by atoms with Gasteiger partial charge in [0, 0.05) is 38.1 Å². The van der Waals surface area contributed by atoms with E-state index in [0.29, 0.717) is 17.7 Å². The molecule has 3 heterocycles. The van der Waals surface area contributed by atoms with Gasteiger partial charge in [-0.05, 0) is 49.1 Å². The Labute approximate surface area is 239 Å². The fourth-order valence-electron chi connectivity index (χ4n) is 6.63. The van der Waals surface area contributed by atoms with Crippen LogP contribution in [0.15, 0.2) is 78.9 Å². The molecule has 1 N–H and O–H groups in total. The molecule has 3 aliphatic heterocycles. The van der Waals surface area contributed by atoms with Crippen molar-refractivity contribution in [2.45, 2.75) is 57.4 Å². The summed E-state index contributed by atoms with van der Waals surface area (Å²) in [7, 11) is 0. The third kappa shape index (κ3) is 5.09. The van der Waals surface area contributed by atoms with Crippen molar-refractivity contribution in [3.8, 4) is 0 Å². The van der Waals surface area contributed by atoms with Gasteiger partial charge in [-0.25, -0.2) is 0 Å². The minimum Gasteiger partial charge on any atom is -0.295 e. The zero-order valence-electron chi connectivity index (χ0n) is 23.3. The average Bonchev–Trinajstić information content (AvgIpc) is 3.21. The number of piperazine rings is 1. The van der Waals surface area contributed by atoms with Crippen molar-refractivity contribution in [2.24, 2.45) is 0 Å². The average molecular weight is 551 g/mol. The summed E-state index contributed by atoms with van der Waals surface area (Å²) in [6.07, 6.45) is 0.251. The number of amides is 4. The third-order valence-electron chi connectivity index (χ3n) is 8.59. The van der Waals surface area contributed by atoms with Crippen LogP contribution in [0.3, 0.4) is 0 Å². The Morgan fingerprint density at radius 3 is 1.95 bits per heavy atom. The van der Waals surface area contributed by atoms with Crippen LogP contribution in [0.2, 0.25) is 0 Å². The van der Waals surface area contributed by atoms with Crippen molar-refractivity contribution in [1.82, 2.24) is 20.0 Å². The molecule has 6 rings (SSSR count). The monoisotopic (exact) mass is 550 g/mol. The van der Waals surface area contributed by atoms with Crippen molar-refractivity contribution in [3.63, 3.8) is 0 Å². The van der Waals surface area contributed by atoms with E-state index in [1.165, 1.54) is 11.1 Å². The maximum atomic E-state index is 13.3. The third-order valence-corrected chi connectivity index (χ3v) is 8.59. The predicted octanol–water partition coefficient (Wildman–Crippen LogP) is 3.77. The first kappa shape index (κ1) is 27.1. The van der Waals surface area contributed by atoms with Crippen molar-refractivity contribution in [3.05, 3.63) is 107 Å². The topological polar surface area (TPSA) is 90.0 Å². The number of piperidine rings is 1. The summed E-state index contributed by atoms with van der Waals surface area (Å²) in [5.74, 6) is -1.93. The number of benzene rings is 3. The van der Waals surface area contributed by atoms with Gasteiger partial charge in [-0.3, -0.25) is 39.2 Å². The number of nitrogens with zero attached hydrogens (tertiary/aromatic N) is 3. The first-order valence-electron chi connectivity index (χ1n) is 14.3. The number of carbonyl (C=O) groups is 4. The number of hydrogen-bond donors (Lipinski definition) is 1. The van der Waals surface area contributed by atoms with Crippen LogP contribution >= 0.6 is 0 Å². The maximum Gasteiger partial charge on any atom is 0.262 e. The highest BCUT2D eigenvalue weighted by molar-refractivity contribution is 6.23. The lowest BCUT2D eigenvalue weighted by Gasteiger charge is -2.47. The highest BCUT2D eigenvalue weighted by atomic mass is 16.2. The number of fused-ring (bicyclic) bond motifs is 1. The Kier molecular flexibility index (Phi) is 7.28. The molecular formula is C33H34N4O4. The molecule has 0 aromatic heterocycles. The molecule has 41 heavy (non-hydrogen) atoms. The molecule has 3 atom stereocenters. The highest BCUT2D eigenvalue weighted by Crippen LogP contribution is 2.33. The summed E-state index contributed by atoms with van der Waals surface area (Å²) in [6, 6.07) is 26.3. The summed E-state index contributed by atoms with van der Waals surface area (Å²) in [4.78, 5) is 56.4. The summed E-state index contributed by atoms with van der Waals surface area (Å²) in [6.45, 7) is 6.88. The van der Waals surface area contributed by atoms with Gasteiger partial charge >= 0.3 is 0 Å². The lowest BCUT2D eigenvalue weighted by atomic mass is 9.94. The first-order valence-corrected chi connectivity index (χ1v) is 14.3. The van der Waals surface area contributed by atoms with Gasteiger partial charge in [0.05, 0.1) is 17.2 Å². The lowest BCUT2D eigenvalue weighted by Crippen LogP contribution is -2.56. The standard InChI is InChI=1S/C33H34N4O4/c1-21-18-35(30(24-9-5-3-6-10-24)25-11-7-4-8-12-25)19-22(2)36(21)20-23-13-14-26-27(17-23)33(41)37(32(26)40)28-15-16-29(38)34-31(28)39/h3-14,17,21-22,28,30H,15-16,18-20H2,1-2H3,(H,34,38,39). The Hall–Kier alpha value is -4.14. The molecule has 210 valence electrons. The number of carbonyl (C=O) groups excluding carboxylic acids is 4. The largest absolute Gasteiger partial charge is 0.295 e. The second-order valence-corrected chi connectivity index (χ2v) is 11.4. The van der Waals surface area contributed by atoms with Crippen molar-refractivity contribution < 1.29 is 19.2 Å².